The van der Waals surface area contributed by atoms with E-state index in [9.17, 15) is 14.0 Å². The van der Waals surface area contributed by atoms with E-state index in [1.54, 1.807) is 11.0 Å². The molecule has 2 fully saturated rings. The molecule has 0 spiro atoms. The van der Waals surface area contributed by atoms with Crippen molar-refractivity contribution < 1.29 is 28.2 Å². The van der Waals surface area contributed by atoms with Gasteiger partial charge in [0.05, 0.1) is 32.4 Å². The van der Waals surface area contributed by atoms with Crippen LogP contribution in [0.25, 0.3) is 0 Å². The van der Waals surface area contributed by atoms with Gasteiger partial charge in [-0.05, 0) is 36.6 Å². The highest BCUT2D eigenvalue weighted by atomic mass is 19.1. The minimum absolute atomic E-state index is 0.104. The summed E-state index contributed by atoms with van der Waals surface area (Å²) in [5, 5.41) is 0. The monoisotopic (exact) mass is 413 g/mol. The Kier molecular flexibility index (Phi) is 5.99. The first-order valence-electron chi connectivity index (χ1n) is 10.0. The maximum absolute atomic E-state index is 14.0. The second-order valence-corrected chi connectivity index (χ2v) is 7.67. The maximum Gasteiger partial charge on any atom is 0.410 e. The molecule has 0 aromatic heterocycles. The van der Waals surface area contributed by atoms with Crippen molar-refractivity contribution in [3.63, 3.8) is 0 Å². The quantitative estimate of drug-likeness (QED) is 0.697. The third-order valence-corrected chi connectivity index (χ3v) is 5.74. The molecule has 2 atom stereocenters. The summed E-state index contributed by atoms with van der Waals surface area (Å²) < 4.78 is 30.1. The fourth-order valence-electron chi connectivity index (χ4n) is 4.28. The third kappa shape index (κ3) is 4.16. The predicted molar refractivity (Wildman–Crippen MR) is 107 cm³/mol. The number of fused-ring (bicyclic) bond motifs is 2. The molecule has 30 heavy (non-hydrogen) atoms. The Hall–Kier alpha value is -2.93. The molecule has 158 valence electrons. The Morgan fingerprint density at radius 3 is 2.43 bits per heavy atom. The van der Waals surface area contributed by atoms with Crippen molar-refractivity contribution in [3.05, 3.63) is 65.5 Å². The SMILES string of the molecule is COc1ccc(C(=O)C2CC3COCC(C2)N3C(=O)OCc2ccccc2)cc1F. The van der Waals surface area contributed by atoms with Gasteiger partial charge in [-0.2, -0.15) is 0 Å². The topological polar surface area (TPSA) is 65.1 Å². The molecular weight excluding hydrogens is 389 g/mol. The number of piperidine rings is 1. The molecule has 2 aromatic rings. The first-order valence-corrected chi connectivity index (χ1v) is 10.0. The number of benzene rings is 2. The van der Waals surface area contributed by atoms with E-state index in [1.165, 1.54) is 19.2 Å². The largest absolute Gasteiger partial charge is 0.494 e. The van der Waals surface area contributed by atoms with Crippen molar-refractivity contribution in [2.45, 2.75) is 31.5 Å². The molecule has 0 N–H and O–H groups in total. The minimum Gasteiger partial charge on any atom is -0.494 e. The number of rotatable bonds is 5. The molecule has 0 aliphatic carbocycles. The van der Waals surface area contributed by atoms with Crippen LogP contribution < -0.4 is 4.74 Å². The lowest BCUT2D eigenvalue weighted by Crippen LogP contribution is -2.59. The molecule has 1 amide bonds. The highest BCUT2D eigenvalue weighted by Gasteiger charge is 2.44. The highest BCUT2D eigenvalue weighted by molar-refractivity contribution is 5.98. The van der Waals surface area contributed by atoms with Crippen molar-refractivity contribution in [1.29, 1.82) is 0 Å². The van der Waals surface area contributed by atoms with E-state index in [0.717, 1.165) is 5.56 Å². The number of carbonyl (C=O) groups excluding carboxylic acids is 2. The number of methoxy groups -OCH3 is 1. The summed E-state index contributed by atoms with van der Waals surface area (Å²) in [5.41, 5.74) is 1.23. The van der Waals surface area contributed by atoms with Crippen LogP contribution in [0.5, 0.6) is 5.75 Å². The van der Waals surface area contributed by atoms with Gasteiger partial charge in [-0.15, -0.1) is 0 Å². The second kappa shape index (κ2) is 8.83. The summed E-state index contributed by atoms with van der Waals surface area (Å²) in [4.78, 5) is 27.4. The summed E-state index contributed by atoms with van der Waals surface area (Å²) in [6.45, 7) is 0.916. The van der Waals surface area contributed by atoms with Crippen LogP contribution in [-0.2, 0) is 16.1 Å². The number of morpholine rings is 1. The predicted octanol–water partition coefficient (Wildman–Crippen LogP) is 3.83. The van der Waals surface area contributed by atoms with Gasteiger partial charge in [-0.3, -0.25) is 9.69 Å². The Balaban J connectivity index is 1.43. The minimum atomic E-state index is -0.561. The average Bonchev–Trinajstić information content (AvgIpc) is 2.76. The molecule has 2 unspecified atom stereocenters. The van der Waals surface area contributed by atoms with Crippen LogP contribution >= 0.6 is 0 Å². The molecule has 2 aromatic carbocycles. The van der Waals surface area contributed by atoms with Gasteiger partial charge in [0.2, 0.25) is 0 Å². The van der Waals surface area contributed by atoms with Crippen molar-refractivity contribution in [3.8, 4) is 5.75 Å². The van der Waals surface area contributed by atoms with Gasteiger partial charge in [0, 0.05) is 11.5 Å². The van der Waals surface area contributed by atoms with Gasteiger partial charge in [0.25, 0.3) is 0 Å². The number of amides is 1. The van der Waals surface area contributed by atoms with E-state index in [2.05, 4.69) is 0 Å². The van der Waals surface area contributed by atoms with Crippen LogP contribution in [-0.4, -0.2) is 49.2 Å². The number of hydrogen-bond donors (Lipinski definition) is 0. The standard InChI is InChI=1S/C23H24FNO5/c1-28-21-8-7-16(11-20(21)24)22(26)17-9-18-13-29-14-19(10-17)25(18)23(27)30-12-15-5-3-2-4-6-15/h2-8,11,17-19H,9-10,12-14H2,1H3. The Labute approximate surface area is 174 Å². The van der Waals surface area contributed by atoms with Gasteiger partial charge >= 0.3 is 6.09 Å². The smallest absolute Gasteiger partial charge is 0.410 e. The lowest BCUT2D eigenvalue weighted by atomic mass is 9.81. The molecule has 0 radical (unpaired) electrons. The molecule has 4 rings (SSSR count). The molecule has 0 saturated carbocycles. The van der Waals surface area contributed by atoms with E-state index < -0.39 is 11.9 Å². The molecule has 2 bridgehead atoms. The van der Waals surface area contributed by atoms with Crippen LogP contribution in [0.1, 0.15) is 28.8 Å². The Morgan fingerprint density at radius 1 is 1.10 bits per heavy atom. The second-order valence-electron chi connectivity index (χ2n) is 7.67. The number of hydrogen-bond acceptors (Lipinski definition) is 5. The number of nitrogens with zero attached hydrogens (tertiary/aromatic N) is 1. The van der Waals surface area contributed by atoms with Crippen LogP contribution in [0.15, 0.2) is 48.5 Å². The first-order chi connectivity index (χ1) is 14.6. The van der Waals surface area contributed by atoms with Crippen LogP contribution in [0, 0.1) is 11.7 Å². The van der Waals surface area contributed by atoms with Crippen molar-refractivity contribution in [2.75, 3.05) is 20.3 Å². The molecule has 6 nitrogen and oxygen atoms in total. The van der Waals surface area contributed by atoms with Crippen molar-refractivity contribution in [2.24, 2.45) is 5.92 Å². The van der Waals surface area contributed by atoms with E-state index in [-0.39, 0.29) is 36.1 Å². The van der Waals surface area contributed by atoms with Crippen LogP contribution in [0.4, 0.5) is 9.18 Å². The summed E-state index contributed by atoms with van der Waals surface area (Å²) in [7, 11) is 1.38. The molecule has 2 heterocycles. The van der Waals surface area contributed by atoms with Gasteiger partial charge in [-0.25, -0.2) is 9.18 Å². The molecule has 2 aliphatic heterocycles. The zero-order valence-corrected chi connectivity index (χ0v) is 16.8. The van der Waals surface area contributed by atoms with Crippen LogP contribution in [0.3, 0.4) is 0 Å². The zero-order chi connectivity index (χ0) is 21.1. The van der Waals surface area contributed by atoms with E-state index >= 15 is 0 Å². The van der Waals surface area contributed by atoms with Crippen molar-refractivity contribution >= 4 is 11.9 Å². The lowest BCUT2D eigenvalue weighted by molar-refractivity contribution is -0.0755. The van der Waals surface area contributed by atoms with Crippen LogP contribution in [0.2, 0.25) is 0 Å². The fourth-order valence-corrected chi connectivity index (χ4v) is 4.28. The number of halogens is 1. The summed E-state index contributed by atoms with van der Waals surface area (Å²) in [6, 6.07) is 13.3. The fraction of sp³-hybridized carbons (Fsp3) is 0.391. The number of carbonyl (C=O) groups is 2. The van der Waals surface area contributed by atoms with Gasteiger partial charge in [-0.1, -0.05) is 30.3 Å². The van der Waals surface area contributed by atoms with Gasteiger partial charge in [0.1, 0.15) is 6.61 Å². The molecule has 2 aliphatic rings. The lowest BCUT2D eigenvalue weighted by Gasteiger charge is -2.47. The highest BCUT2D eigenvalue weighted by Crippen LogP contribution is 2.34. The summed E-state index contributed by atoms with van der Waals surface area (Å²) >= 11 is 0. The molecule has 2 saturated heterocycles. The maximum atomic E-state index is 14.0. The van der Waals surface area contributed by atoms with Gasteiger partial charge in [0.15, 0.2) is 17.3 Å². The van der Waals surface area contributed by atoms with E-state index in [0.29, 0.717) is 31.6 Å². The normalized spacial score (nSPS) is 23.0. The number of ether oxygens (including phenoxy) is 3. The van der Waals surface area contributed by atoms with Crippen molar-refractivity contribution in [1.82, 2.24) is 4.90 Å². The third-order valence-electron chi connectivity index (χ3n) is 5.74. The first kappa shape index (κ1) is 20.3. The zero-order valence-electron chi connectivity index (χ0n) is 16.8. The summed E-state index contributed by atoms with van der Waals surface area (Å²) in [5.74, 6) is -0.873. The molecular formula is C23H24FNO5. The number of ketones is 1. The average molecular weight is 413 g/mol. The van der Waals surface area contributed by atoms with E-state index in [1.807, 2.05) is 30.3 Å². The number of Topliss-reactive ketones (excluding diaryl/α,β-unsaturated/α-hetero) is 1. The van der Waals surface area contributed by atoms with Gasteiger partial charge < -0.3 is 14.2 Å². The van der Waals surface area contributed by atoms with E-state index in [4.69, 9.17) is 14.2 Å². The summed E-state index contributed by atoms with van der Waals surface area (Å²) in [6.07, 6.45) is 0.533. The Morgan fingerprint density at radius 2 is 1.80 bits per heavy atom. The molecule has 7 heteroatoms. The Bertz CT molecular complexity index is 905.